The maximum atomic E-state index is 6.51. The van der Waals surface area contributed by atoms with E-state index < -0.39 is 0 Å². The molecule has 0 unspecified atom stereocenters. The molecule has 1 aliphatic carbocycles. The van der Waals surface area contributed by atoms with Gasteiger partial charge >= 0.3 is 0 Å². The first-order valence-corrected chi connectivity index (χ1v) is 10.2. The van der Waals surface area contributed by atoms with Gasteiger partial charge in [0, 0.05) is 35.1 Å². The molecule has 2 aromatic heterocycles. The summed E-state index contributed by atoms with van der Waals surface area (Å²) in [6, 6.07) is 10.0. The summed E-state index contributed by atoms with van der Waals surface area (Å²) in [7, 11) is 2.20. The quantitative estimate of drug-likeness (QED) is 0.612. The van der Waals surface area contributed by atoms with E-state index in [9.17, 15) is 0 Å². The van der Waals surface area contributed by atoms with Gasteiger partial charge in [0.1, 0.15) is 5.65 Å². The maximum Gasteiger partial charge on any atom is 0.137 e. The second-order valence-electron chi connectivity index (χ2n) is 7.43. The number of benzene rings is 1. The Hall–Kier alpha value is -1.75. The van der Waals surface area contributed by atoms with Crippen LogP contribution in [-0.4, -0.2) is 27.4 Å². The molecule has 0 radical (unpaired) electrons. The molecule has 1 saturated carbocycles. The molecule has 2 heterocycles. The zero-order valence-electron chi connectivity index (χ0n) is 15.5. The maximum absolute atomic E-state index is 6.51. The van der Waals surface area contributed by atoms with E-state index in [1.807, 2.05) is 30.5 Å². The topological polar surface area (TPSA) is 46.6 Å². The third-order valence-corrected chi connectivity index (χ3v) is 6.07. The number of nitrogens with zero attached hydrogens (tertiary/aromatic N) is 3. The molecule has 142 valence electrons. The number of nitrogens with two attached hydrogens (primary N) is 1. The van der Waals surface area contributed by atoms with Gasteiger partial charge in [0.15, 0.2) is 0 Å². The number of pyridine rings is 1. The second kappa shape index (κ2) is 7.70. The van der Waals surface area contributed by atoms with Crippen LogP contribution in [0.15, 0.2) is 36.5 Å². The Labute approximate surface area is 169 Å². The van der Waals surface area contributed by atoms with Crippen LogP contribution < -0.4 is 5.73 Å². The van der Waals surface area contributed by atoms with E-state index in [-0.39, 0.29) is 0 Å². The smallest absolute Gasteiger partial charge is 0.137 e. The third kappa shape index (κ3) is 3.79. The number of imidazole rings is 1. The van der Waals surface area contributed by atoms with Crippen molar-refractivity contribution in [1.82, 2.24) is 14.3 Å². The van der Waals surface area contributed by atoms with Gasteiger partial charge in [0.05, 0.1) is 16.4 Å². The van der Waals surface area contributed by atoms with Crippen LogP contribution in [0.2, 0.25) is 10.0 Å². The monoisotopic (exact) mass is 402 g/mol. The van der Waals surface area contributed by atoms with E-state index in [0.717, 1.165) is 34.8 Å². The van der Waals surface area contributed by atoms with Crippen LogP contribution in [0, 0.1) is 0 Å². The van der Waals surface area contributed by atoms with Crippen molar-refractivity contribution in [3.05, 3.63) is 52.3 Å². The largest absolute Gasteiger partial charge is 0.398 e. The van der Waals surface area contributed by atoms with Gasteiger partial charge in [-0.25, -0.2) is 4.98 Å². The minimum absolute atomic E-state index is 0.610. The van der Waals surface area contributed by atoms with Gasteiger partial charge < -0.3 is 10.1 Å². The average molecular weight is 403 g/mol. The van der Waals surface area contributed by atoms with E-state index >= 15 is 0 Å². The molecule has 0 aliphatic heterocycles. The first kappa shape index (κ1) is 18.6. The van der Waals surface area contributed by atoms with Crippen molar-refractivity contribution < 1.29 is 0 Å². The Morgan fingerprint density at radius 3 is 2.67 bits per heavy atom. The number of hydrogen-bond acceptors (Lipinski definition) is 3. The molecule has 3 aromatic rings. The highest BCUT2D eigenvalue weighted by atomic mass is 35.5. The highest BCUT2D eigenvalue weighted by molar-refractivity contribution is 6.36. The van der Waals surface area contributed by atoms with E-state index in [1.54, 1.807) is 6.07 Å². The molecule has 1 aliphatic rings. The minimum Gasteiger partial charge on any atom is -0.398 e. The van der Waals surface area contributed by atoms with Crippen molar-refractivity contribution in [1.29, 1.82) is 0 Å². The lowest BCUT2D eigenvalue weighted by Gasteiger charge is -2.31. The summed E-state index contributed by atoms with van der Waals surface area (Å²) in [5.74, 6) is 0. The van der Waals surface area contributed by atoms with Crippen molar-refractivity contribution in [2.24, 2.45) is 0 Å². The van der Waals surface area contributed by atoms with Gasteiger partial charge in [-0.2, -0.15) is 0 Å². The van der Waals surface area contributed by atoms with Crippen molar-refractivity contribution >= 4 is 34.5 Å². The molecule has 0 amide bonds. The van der Waals surface area contributed by atoms with Crippen LogP contribution in [0.5, 0.6) is 0 Å². The van der Waals surface area contributed by atoms with Gasteiger partial charge in [-0.05, 0) is 50.2 Å². The number of aromatic nitrogens is 2. The minimum atomic E-state index is 0.610. The highest BCUT2D eigenvalue weighted by Crippen LogP contribution is 2.34. The molecule has 1 aromatic carbocycles. The fourth-order valence-corrected chi connectivity index (χ4v) is 4.54. The zero-order valence-corrected chi connectivity index (χ0v) is 17.0. The molecule has 0 spiro atoms. The van der Waals surface area contributed by atoms with Crippen LogP contribution in [-0.2, 0) is 6.54 Å². The molecule has 4 nitrogen and oxygen atoms in total. The number of halogens is 2. The molecule has 0 saturated heterocycles. The Morgan fingerprint density at radius 1 is 1.15 bits per heavy atom. The summed E-state index contributed by atoms with van der Waals surface area (Å²) in [5, 5.41) is 1.23. The van der Waals surface area contributed by atoms with Gasteiger partial charge in [0.2, 0.25) is 0 Å². The van der Waals surface area contributed by atoms with Crippen LogP contribution >= 0.6 is 23.2 Å². The predicted molar refractivity (Wildman–Crippen MR) is 113 cm³/mol. The van der Waals surface area contributed by atoms with Crippen LogP contribution in [0.25, 0.3) is 16.9 Å². The second-order valence-corrected chi connectivity index (χ2v) is 8.27. The summed E-state index contributed by atoms with van der Waals surface area (Å²) in [4.78, 5) is 7.31. The SMILES string of the molecule is CN(Cc1c(-c2ccc(Cl)cc2Cl)nc2ccc(N)cn12)C1CCCCC1. The lowest BCUT2D eigenvalue weighted by atomic mass is 9.94. The summed E-state index contributed by atoms with van der Waals surface area (Å²) in [5.41, 5.74) is 10.5. The standard InChI is InChI=1S/C21H24Cl2N4/c1-26(16-5-3-2-4-6-16)13-19-21(17-9-7-14(22)11-18(17)23)25-20-10-8-15(24)12-27(19)20/h7-12,16H,2-6,13,24H2,1H3. The summed E-state index contributed by atoms with van der Waals surface area (Å²) in [6.45, 7) is 0.795. The number of anilines is 1. The average Bonchev–Trinajstić information content (AvgIpc) is 3.00. The van der Waals surface area contributed by atoms with Crippen LogP contribution in [0.1, 0.15) is 37.8 Å². The molecule has 2 N–H and O–H groups in total. The molecular formula is C21H24Cl2N4. The molecule has 0 bridgehead atoms. The van der Waals surface area contributed by atoms with Crippen molar-refractivity contribution in [3.63, 3.8) is 0 Å². The third-order valence-electron chi connectivity index (χ3n) is 5.52. The Balaban J connectivity index is 1.79. The molecule has 6 heteroatoms. The zero-order chi connectivity index (χ0) is 19.0. The molecule has 27 heavy (non-hydrogen) atoms. The summed E-state index contributed by atoms with van der Waals surface area (Å²) < 4.78 is 2.09. The fourth-order valence-electron chi connectivity index (χ4n) is 4.05. The molecule has 0 atom stereocenters. The van der Waals surface area contributed by atoms with Gasteiger partial charge in [-0.15, -0.1) is 0 Å². The van der Waals surface area contributed by atoms with Crippen LogP contribution in [0.3, 0.4) is 0 Å². The van der Waals surface area contributed by atoms with Crippen molar-refractivity contribution in [2.75, 3.05) is 12.8 Å². The van der Waals surface area contributed by atoms with Crippen LogP contribution in [0.4, 0.5) is 5.69 Å². The Kier molecular flexibility index (Phi) is 5.31. The lowest BCUT2D eigenvalue weighted by molar-refractivity contribution is 0.182. The normalized spacial score (nSPS) is 15.7. The predicted octanol–water partition coefficient (Wildman–Crippen LogP) is 5.65. The molecule has 1 fully saturated rings. The number of nitrogen functional groups attached to an aromatic ring is 1. The highest BCUT2D eigenvalue weighted by Gasteiger charge is 2.23. The van der Waals surface area contributed by atoms with Gasteiger partial charge in [-0.1, -0.05) is 42.5 Å². The van der Waals surface area contributed by atoms with E-state index in [2.05, 4.69) is 16.3 Å². The van der Waals surface area contributed by atoms with Gasteiger partial charge in [-0.3, -0.25) is 4.90 Å². The number of fused-ring (bicyclic) bond motifs is 1. The summed E-state index contributed by atoms with van der Waals surface area (Å²) in [6.07, 6.45) is 8.43. The van der Waals surface area contributed by atoms with E-state index in [0.29, 0.717) is 16.1 Å². The Morgan fingerprint density at radius 2 is 1.93 bits per heavy atom. The van der Waals surface area contributed by atoms with Gasteiger partial charge in [0.25, 0.3) is 0 Å². The number of rotatable bonds is 4. The van der Waals surface area contributed by atoms with Crippen molar-refractivity contribution in [2.45, 2.75) is 44.7 Å². The molecular weight excluding hydrogens is 379 g/mol. The number of hydrogen-bond donors (Lipinski definition) is 1. The first-order chi connectivity index (χ1) is 13.0. The molecule has 4 rings (SSSR count). The lowest BCUT2D eigenvalue weighted by Crippen LogP contribution is -2.33. The fraction of sp³-hybridized carbons (Fsp3) is 0.381. The Bertz CT molecular complexity index is 960. The van der Waals surface area contributed by atoms with E-state index in [1.165, 1.54) is 32.1 Å². The van der Waals surface area contributed by atoms with Crippen molar-refractivity contribution in [3.8, 4) is 11.3 Å². The first-order valence-electron chi connectivity index (χ1n) is 9.45. The van der Waals surface area contributed by atoms with E-state index in [4.69, 9.17) is 33.9 Å². The summed E-state index contributed by atoms with van der Waals surface area (Å²) >= 11 is 12.6.